The minimum atomic E-state index is -4.13. The van der Waals surface area contributed by atoms with Crippen LogP contribution in [0.4, 0.5) is 13.3 Å². The van der Waals surface area contributed by atoms with Crippen molar-refractivity contribution in [1.29, 1.82) is 0 Å². The third-order valence-corrected chi connectivity index (χ3v) is 3.17. The fourth-order valence-corrected chi connectivity index (χ4v) is 2.28. The van der Waals surface area contributed by atoms with Gasteiger partial charge >= 0.3 is 11.9 Å². The number of rotatable bonds is 3. The number of aromatic nitrogens is 2. The van der Waals surface area contributed by atoms with Crippen molar-refractivity contribution in [2.45, 2.75) is 31.4 Å². The van der Waals surface area contributed by atoms with E-state index in [1.165, 1.54) is 0 Å². The lowest BCUT2D eigenvalue weighted by Crippen LogP contribution is -2.32. The molecule has 1 aliphatic heterocycles. The number of halogens is 4. The fourth-order valence-electron chi connectivity index (χ4n) is 1.89. The average molecular weight is 343 g/mol. The van der Waals surface area contributed by atoms with Crippen LogP contribution >= 0.6 is 15.9 Å². The van der Waals surface area contributed by atoms with Crippen molar-refractivity contribution >= 4 is 21.9 Å². The SMILES string of the molecule is O=C(OF)C(F)(F)c1cc(Br)nn1C1CCCCO1. The molecule has 9 heteroatoms. The first kappa shape index (κ1) is 14.3. The summed E-state index contributed by atoms with van der Waals surface area (Å²) in [5.41, 5.74) is -0.770. The van der Waals surface area contributed by atoms with E-state index >= 15 is 0 Å². The summed E-state index contributed by atoms with van der Waals surface area (Å²) in [7, 11) is 0. The first-order chi connectivity index (χ1) is 8.96. The zero-order valence-electron chi connectivity index (χ0n) is 9.61. The Balaban J connectivity index is 2.37. The van der Waals surface area contributed by atoms with Crippen LogP contribution in [0.2, 0.25) is 0 Å². The quantitative estimate of drug-likeness (QED) is 0.847. The number of nitrogens with zero attached hydrogens (tertiary/aromatic N) is 2. The monoisotopic (exact) mass is 342 g/mol. The minimum absolute atomic E-state index is 0.100. The van der Waals surface area contributed by atoms with Gasteiger partial charge in [0.15, 0.2) is 6.23 Å². The summed E-state index contributed by atoms with van der Waals surface area (Å²) in [5, 5.41) is 3.82. The Bertz CT molecular complexity index is 475. The Hall–Kier alpha value is -1.09. The summed E-state index contributed by atoms with van der Waals surface area (Å²) < 4.78 is 45.5. The molecule has 5 nitrogen and oxygen atoms in total. The lowest BCUT2D eigenvalue weighted by molar-refractivity contribution is -0.214. The second-order valence-corrected chi connectivity index (χ2v) is 4.87. The molecule has 2 heterocycles. The van der Waals surface area contributed by atoms with Crippen LogP contribution in [-0.2, 0) is 20.4 Å². The van der Waals surface area contributed by atoms with Crippen molar-refractivity contribution in [3.63, 3.8) is 0 Å². The van der Waals surface area contributed by atoms with Gasteiger partial charge in [-0.2, -0.15) is 13.9 Å². The highest BCUT2D eigenvalue weighted by atomic mass is 79.9. The van der Waals surface area contributed by atoms with Gasteiger partial charge in [0.05, 0.1) is 0 Å². The number of hydrogen-bond donors (Lipinski definition) is 0. The molecule has 1 aliphatic rings. The summed E-state index contributed by atoms with van der Waals surface area (Å²) in [6.07, 6.45) is 1.41. The van der Waals surface area contributed by atoms with E-state index in [9.17, 15) is 18.1 Å². The zero-order valence-corrected chi connectivity index (χ0v) is 11.2. The second-order valence-electron chi connectivity index (χ2n) is 4.06. The molecule has 0 bridgehead atoms. The summed E-state index contributed by atoms with van der Waals surface area (Å²) in [5.74, 6) is -6.41. The lowest BCUT2D eigenvalue weighted by Gasteiger charge is -2.25. The van der Waals surface area contributed by atoms with Gasteiger partial charge in [-0.15, -0.1) is 0 Å². The maximum absolute atomic E-state index is 13.7. The fraction of sp³-hybridized carbons (Fsp3) is 0.600. The summed E-state index contributed by atoms with van der Waals surface area (Å²) in [4.78, 5) is 13.5. The Morgan fingerprint density at radius 3 is 2.89 bits per heavy atom. The van der Waals surface area contributed by atoms with Crippen LogP contribution in [-0.4, -0.2) is 22.4 Å². The molecule has 2 rings (SSSR count). The molecule has 1 aromatic rings. The van der Waals surface area contributed by atoms with E-state index in [0.29, 0.717) is 13.0 Å². The largest absolute Gasteiger partial charge is 0.424 e. The molecule has 0 radical (unpaired) electrons. The van der Waals surface area contributed by atoms with Gasteiger partial charge in [0.25, 0.3) is 0 Å². The van der Waals surface area contributed by atoms with Crippen molar-refractivity contribution < 1.29 is 27.8 Å². The first-order valence-electron chi connectivity index (χ1n) is 5.54. The number of ether oxygens (including phenoxy) is 1. The van der Waals surface area contributed by atoms with Crippen LogP contribution in [0.15, 0.2) is 10.7 Å². The van der Waals surface area contributed by atoms with E-state index in [2.05, 4.69) is 26.0 Å². The molecule has 0 aromatic carbocycles. The molecule has 0 N–H and O–H groups in total. The van der Waals surface area contributed by atoms with E-state index in [1.807, 2.05) is 0 Å². The van der Waals surface area contributed by atoms with E-state index in [1.54, 1.807) is 0 Å². The number of carbonyl (C=O) groups excluding carboxylic acids is 1. The van der Waals surface area contributed by atoms with Gasteiger partial charge in [0.2, 0.25) is 0 Å². The van der Waals surface area contributed by atoms with Crippen molar-refractivity contribution in [1.82, 2.24) is 9.78 Å². The molecule has 0 amide bonds. The molecular formula is C10H10BrF3N2O3. The molecule has 1 aromatic heterocycles. The van der Waals surface area contributed by atoms with E-state index in [4.69, 9.17) is 4.74 Å². The molecule has 0 spiro atoms. The van der Waals surface area contributed by atoms with Crippen LogP contribution < -0.4 is 0 Å². The highest BCUT2D eigenvalue weighted by Crippen LogP contribution is 2.35. The minimum Gasteiger partial charge on any atom is -0.357 e. The first-order valence-corrected chi connectivity index (χ1v) is 6.34. The van der Waals surface area contributed by atoms with E-state index in [-0.39, 0.29) is 4.60 Å². The topological polar surface area (TPSA) is 53.3 Å². The zero-order chi connectivity index (χ0) is 14.0. The molecule has 1 saturated heterocycles. The van der Waals surface area contributed by atoms with E-state index in [0.717, 1.165) is 23.6 Å². The summed E-state index contributed by atoms with van der Waals surface area (Å²) in [6.45, 7) is 0.417. The Kier molecular flexibility index (Phi) is 4.14. The smallest absolute Gasteiger partial charge is 0.357 e. The normalized spacial score (nSPS) is 20.3. The van der Waals surface area contributed by atoms with Gasteiger partial charge in [0.1, 0.15) is 10.3 Å². The maximum atomic E-state index is 13.7. The molecule has 106 valence electrons. The third-order valence-electron chi connectivity index (χ3n) is 2.78. The van der Waals surface area contributed by atoms with E-state index < -0.39 is 23.8 Å². The predicted molar refractivity (Wildman–Crippen MR) is 59.9 cm³/mol. The van der Waals surface area contributed by atoms with Crippen LogP contribution in [0.5, 0.6) is 0 Å². The van der Waals surface area contributed by atoms with Crippen LogP contribution in [0.3, 0.4) is 0 Å². The van der Waals surface area contributed by atoms with Crippen LogP contribution in [0, 0.1) is 0 Å². The summed E-state index contributed by atoms with van der Waals surface area (Å²) in [6, 6.07) is 0.939. The van der Waals surface area contributed by atoms with Crippen molar-refractivity contribution in [2.24, 2.45) is 0 Å². The van der Waals surface area contributed by atoms with Gasteiger partial charge < -0.3 is 4.74 Å². The highest BCUT2D eigenvalue weighted by Gasteiger charge is 2.48. The second kappa shape index (κ2) is 5.49. The Labute approximate surface area is 114 Å². The van der Waals surface area contributed by atoms with Gasteiger partial charge in [-0.1, -0.05) is 0 Å². The lowest BCUT2D eigenvalue weighted by atomic mass is 10.1. The number of alkyl halides is 2. The Morgan fingerprint density at radius 2 is 2.32 bits per heavy atom. The molecule has 19 heavy (non-hydrogen) atoms. The highest BCUT2D eigenvalue weighted by molar-refractivity contribution is 9.10. The molecule has 0 saturated carbocycles. The number of carbonyl (C=O) groups is 1. The average Bonchev–Trinajstić information content (AvgIpc) is 2.81. The van der Waals surface area contributed by atoms with Crippen molar-refractivity contribution in [2.75, 3.05) is 6.61 Å². The third kappa shape index (κ3) is 2.76. The van der Waals surface area contributed by atoms with Crippen LogP contribution in [0.25, 0.3) is 0 Å². The molecular weight excluding hydrogens is 333 g/mol. The van der Waals surface area contributed by atoms with Gasteiger partial charge in [-0.05, 0) is 35.2 Å². The molecule has 0 aliphatic carbocycles. The van der Waals surface area contributed by atoms with Gasteiger partial charge in [-0.25, -0.2) is 14.4 Å². The Morgan fingerprint density at radius 1 is 1.58 bits per heavy atom. The van der Waals surface area contributed by atoms with Crippen molar-refractivity contribution in [3.05, 3.63) is 16.4 Å². The van der Waals surface area contributed by atoms with Gasteiger partial charge in [0, 0.05) is 17.2 Å². The molecule has 1 atom stereocenters. The van der Waals surface area contributed by atoms with Crippen molar-refractivity contribution in [3.8, 4) is 0 Å². The molecule has 1 unspecified atom stereocenters. The maximum Gasteiger partial charge on any atom is 0.424 e. The standard InChI is InChI=1S/C10H10BrF3N2O3/c11-7-5-6(10(12,13)9(17)19-14)16(15-7)8-3-1-2-4-18-8/h5,8H,1-4H2. The predicted octanol–water partition coefficient (Wildman–Crippen LogP) is 2.86. The van der Waals surface area contributed by atoms with Crippen LogP contribution in [0.1, 0.15) is 31.2 Å². The number of hydrogen-bond acceptors (Lipinski definition) is 4. The van der Waals surface area contributed by atoms with Gasteiger partial charge in [-0.3, -0.25) is 0 Å². The molecule has 1 fully saturated rings. The summed E-state index contributed by atoms with van der Waals surface area (Å²) >= 11 is 2.95.